The second-order valence-corrected chi connectivity index (χ2v) is 39.8. The van der Waals surface area contributed by atoms with Gasteiger partial charge in [0.15, 0.2) is 0 Å². The van der Waals surface area contributed by atoms with Crippen molar-refractivity contribution in [2.75, 3.05) is 0 Å². The molecule has 0 atom stereocenters. The summed E-state index contributed by atoms with van der Waals surface area (Å²) >= 11 is -2.82. The van der Waals surface area contributed by atoms with Crippen LogP contribution in [0.1, 0.15) is 38.5 Å². The first kappa shape index (κ1) is 17.6. The summed E-state index contributed by atoms with van der Waals surface area (Å²) in [7, 11) is 0. The van der Waals surface area contributed by atoms with Crippen molar-refractivity contribution in [3.05, 3.63) is 0 Å². The maximum absolute atomic E-state index is 2.56. The molecule has 0 fully saturated rings. The van der Waals surface area contributed by atoms with Crippen LogP contribution in [0.25, 0.3) is 0 Å². The summed E-state index contributed by atoms with van der Waals surface area (Å²) in [5.41, 5.74) is 0. The Balaban J connectivity index is 3.17. The van der Waals surface area contributed by atoms with Crippen LogP contribution in [-0.4, -0.2) is 36.8 Å². The summed E-state index contributed by atoms with van der Waals surface area (Å²) < 4.78 is 3.21. The SMILES string of the molecule is [CH3][Sn]([CH3])([CH3])[CH2]CCCCCC[CH2][Sn]([CH3])([CH3])[CH3]. The zero-order valence-corrected chi connectivity index (χ0v) is 18.4. The average molecular weight is 440 g/mol. The molecular formula is C14H34Sn2. The van der Waals surface area contributed by atoms with Crippen molar-refractivity contribution in [2.24, 2.45) is 0 Å². The van der Waals surface area contributed by atoms with E-state index in [1.807, 2.05) is 0 Å². The van der Waals surface area contributed by atoms with Crippen LogP contribution < -0.4 is 0 Å². The first-order valence-corrected chi connectivity index (χ1v) is 28.4. The molecule has 0 bridgehead atoms. The predicted octanol–water partition coefficient (Wildman–Crippen LogP) is 6.00. The number of rotatable bonds is 9. The van der Waals surface area contributed by atoms with E-state index in [1.54, 1.807) is 8.87 Å². The molecule has 0 aromatic rings. The van der Waals surface area contributed by atoms with Gasteiger partial charge >= 0.3 is 114 Å². The molecule has 0 spiro atoms. The van der Waals surface area contributed by atoms with E-state index in [0.29, 0.717) is 0 Å². The Bertz CT molecular complexity index is 143. The normalized spacial score (nSPS) is 13.1. The molecule has 0 unspecified atom stereocenters. The van der Waals surface area contributed by atoms with Crippen LogP contribution in [0, 0.1) is 0 Å². The van der Waals surface area contributed by atoms with Gasteiger partial charge in [-0.3, -0.25) is 0 Å². The Labute approximate surface area is 113 Å². The zero-order chi connectivity index (χ0) is 12.7. The van der Waals surface area contributed by atoms with Crippen molar-refractivity contribution in [1.29, 1.82) is 0 Å². The molecule has 0 rings (SSSR count). The maximum atomic E-state index is 2.56. The third-order valence-corrected chi connectivity index (χ3v) is 13.7. The van der Waals surface area contributed by atoms with Gasteiger partial charge in [0.1, 0.15) is 0 Å². The third-order valence-electron chi connectivity index (χ3n) is 3.10. The Morgan fingerprint density at radius 2 is 0.688 bits per heavy atom. The molecule has 0 aromatic carbocycles. The van der Waals surface area contributed by atoms with Gasteiger partial charge < -0.3 is 0 Å². The summed E-state index contributed by atoms with van der Waals surface area (Å²) in [6.45, 7) is 0. The molecule has 0 radical (unpaired) electrons. The van der Waals surface area contributed by atoms with Gasteiger partial charge in [0.05, 0.1) is 0 Å². The Hall–Kier alpha value is 1.60. The van der Waals surface area contributed by atoms with Crippen LogP contribution in [0.2, 0.25) is 38.5 Å². The molecule has 0 aromatic heterocycles. The minimum absolute atomic E-state index is 1.41. The third kappa shape index (κ3) is 15.6. The molecule has 0 heterocycles. The van der Waals surface area contributed by atoms with E-state index in [0.717, 1.165) is 0 Å². The van der Waals surface area contributed by atoms with Crippen molar-refractivity contribution >= 4 is 36.8 Å². The van der Waals surface area contributed by atoms with Gasteiger partial charge in [-0.15, -0.1) is 0 Å². The molecule has 0 N–H and O–H groups in total. The van der Waals surface area contributed by atoms with E-state index in [4.69, 9.17) is 0 Å². The molecule has 0 amide bonds. The van der Waals surface area contributed by atoms with E-state index in [1.165, 1.54) is 38.5 Å². The molecule has 0 aliphatic heterocycles. The fraction of sp³-hybridized carbons (Fsp3) is 1.00. The zero-order valence-electron chi connectivity index (χ0n) is 12.7. The quantitative estimate of drug-likeness (QED) is 0.305. The number of hydrogen-bond donors (Lipinski definition) is 0. The Kier molecular flexibility index (Phi) is 9.52. The molecule has 0 saturated heterocycles. The first-order valence-electron chi connectivity index (χ1n) is 7.21. The van der Waals surface area contributed by atoms with Gasteiger partial charge in [-0.1, -0.05) is 0 Å². The Morgan fingerprint density at radius 3 is 0.938 bits per heavy atom. The molecule has 0 saturated carbocycles. The van der Waals surface area contributed by atoms with Crippen LogP contribution in [0.4, 0.5) is 0 Å². The molecule has 0 nitrogen and oxygen atoms in total. The van der Waals surface area contributed by atoms with Crippen molar-refractivity contribution in [2.45, 2.75) is 77.0 Å². The molecule has 0 aliphatic carbocycles. The molecule has 16 heavy (non-hydrogen) atoms. The van der Waals surface area contributed by atoms with Crippen molar-refractivity contribution < 1.29 is 0 Å². The van der Waals surface area contributed by atoms with E-state index in [9.17, 15) is 0 Å². The summed E-state index contributed by atoms with van der Waals surface area (Å²) in [6, 6.07) is 0. The average Bonchev–Trinajstić information content (AvgIpc) is 2.06. The van der Waals surface area contributed by atoms with E-state index < -0.39 is 36.8 Å². The molecule has 0 aliphatic rings. The Morgan fingerprint density at radius 1 is 0.438 bits per heavy atom. The monoisotopic (exact) mass is 442 g/mol. The minimum atomic E-state index is -1.41. The summed E-state index contributed by atoms with van der Waals surface area (Å²) in [6.07, 6.45) is 9.07. The fourth-order valence-electron chi connectivity index (χ4n) is 2.02. The summed E-state index contributed by atoms with van der Waals surface area (Å²) in [5, 5.41) is 0. The van der Waals surface area contributed by atoms with Crippen molar-refractivity contribution in [1.82, 2.24) is 0 Å². The van der Waals surface area contributed by atoms with Crippen molar-refractivity contribution in [3.8, 4) is 0 Å². The van der Waals surface area contributed by atoms with Crippen LogP contribution >= 0.6 is 0 Å². The van der Waals surface area contributed by atoms with E-state index in [-0.39, 0.29) is 0 Å². The molecule has 98 valence electrons. The van der Waals surface area contributed by atoms with Crippen LogP contribution in [-0.2, 0) is 0 Å². The van der Waals surface area contributed by atoms with Gasteiger partial charge in [0, 0.05) is 0 Å². The molecule has 2 heteroatoms. The van der Waals surface area contributed by atoms with Crippen LogP contribution in [0.15, 0.2) is 0 Å². The first-order chi connectivity index (χ1) is 7.21. The number of hydrogen-bond acceptors (Lipinski definition) is 0. The van der Waals surface area contributed by atoms with E-state index in [2.05, 4.69) is 29.6 Å². The molecular weight excluding hydrogens is 406 g/mol. The topological polar surface area (TPSA) is 0 Å². The standard InChI is InChI=1S/C8H16.6CH3.2Sn/c1-3-5-7-8-6-4-2;;;;;;;;/h1-8H2;6*1H3;;. The van der Waals surface area contributed by atoms with Gasteiger partial charge in [-0.2, -0.15) is 0 Å². The van der Waals surface area contributed by atoms with Crippen LogP contribution in [0.5, 0.6) is 0 Å². The summed E-state index contributed by atoms with van der Waals surface area (Å²) in [4.78, 5) is 15.4. The summed E-state index contributed by atoms with van der Waals surface area (Å²) in [5.74, 6) is 0. The van der Waals surface area contributed by atoms with Gasteiger partial charge in [-0.05, 0) is 0 Å². The number of unbranched alkanes of at least 4 members (excludes halogenated alkanes) is 5. The van der Waals surface area contributed by atoms with E-state index >= 15 is 0 Å². The second kappa shape index (κ2) is 8.66. The second-order valence-electron chi connectivity index (χ2n) is 7.74. The van der Waals surface area contributed by atoms with Crippen molar-refractivity contribution in [3.63, 3.8) is 0 Å². The fourth-order valence-corrected chi connectivity index (χ4v) is 9.50. The van der Waals surface area contributed by atoms with Gasteiger partial charge in [0.25, 0.3) is 0 Å². The predicted molar refractivity (Wildman–Crippen MR) is 84.0 cm³/mol. The van der Waals surface area contributed by atoms with Gasteiger partial charge in [-0.25, -0.2) is 0 Å². The van der Waals surface area contributed by atoms with Gasteiger partial charge in [0.2, 0.25) is 0 Å². The van der Waals surface area contributed by atoms with Crippen LogP contribution in [0.3, 0.4) is 0 Å².